The monoisotopic (exact) mass is 435 g/mol. The number of nitrogens with zero attached hydrogens (tertiary/aromatic N) is 2. The third kappa shape index (κ3) is 3.63. The summed E-state index contributed by atoms with van der Waals surface area (Å²) in [6.07, 6.45) is 0. The molecule has 0 unspecified atom stereocenters. The fourth-order valence-corrected chi connectivity index (χ4v) is 3.61. The van der Waals surface area contributed by atoms with E-state index in [2.05, 4.69) is 10.1 Å². The molecule has 0 saturated heterocycles. The number of amides is 3. The van der Waals surface area contributed by atoms with E-state index in [1.165, 1.54) is 46.2 Å². The van der Waals surface area contributed by atoms with Crippen LogP contribution >= 0.6 is 11.6 Å². The zero-order chi connectivity index (χ0) is 21.6. The number of benzene rings is 2. The molecule has 2 heterocycles. The minimum Gasteiger partial charge on any atom is -0.508 e. The van der Waals surface area contributed by atoms with Crippen LogP contribution in [0.15, 0.2) is 59.8 Å². The predicted molar refractivity (Wildman–Crippen MR) is 104 cm³/mol. The van der Waals surface area contributed by atoms with E-state index in [0.717, 1.165) is 0 Å². The fourth-order valence-electron chi connectivity index (χ4n) is 3.52. The Morgan fingerprint density at radius 1 is 1.13 bits per heavy atom. The summed E-state index contributed by atoms with van der Waals surface area (Å²) in [6.45, 7) is 0.137. The van der Waals surface area contributed by atoms with Crippen molar-refractivity contribution in [2.75, 3.05) is 18.5 Å². The van der Waals surface area contributed by atoms with Crippen molar-refractivity contribution in [3.63, 3.8) is 0 Å². The van der Waals surface area contributed by atoms with E-state index < -0.39 is 11.6 Å². The number of hydrogen-bond acceptors (Lipinski definition) is 4. The number of urea groups is 1. The van der Waals surface area contributed by atoms with Crippen LogP contribution in [0.2, 0.25) is 0 Å². The molecule has 0 bridgehead atoms. The molecule has 1 atom stereocenters. The minimum atomic E-state index is -3.84. The first-order chi connectivity index (χ1) is 14.1. The minimum absolute atomic E-state index is 0.0661. The number of likely N-dealkylation sites (N-methyl/N-ethyl adjacent to an activating group) is 1. The van der Waals surface area contributed by atoms with Crippen LogP contribution in [0.1, 0.15) is 11.6 Å². The molecular formula is C20H16ClF2N3O4. The van der Waals surface area contributed by atoms with E-state index in [4.69, 9.17) is 11.6 Å². The second-order valence-electron chi connectivity index (χ2n) is 6.83. The molecule has 2 aliphatic rings. The molecule has 30 heavy (non-hydrogen) atoms. The van der Waals surface area contributed by atoms with Crippen molar-refractivity contribution in [3.8, 4) is 11.5 Å². The van der Waals surface area contributed by atoms with Crippen molar-refractivity contribution in [1.29, 1.82) is 0 Å². The normalized spacial score (nSPS) is 19.1. The molecule has 156 valence electrons. The average Bonchev–Trinajstić information content (AvgIpc) is 3.02. The molecule has 2 aliphatic heterocycles. The van der Waals surface area contributed by atoms with Gasteiger partial charge in [-0.15, -0.1) is 8.78 Å². The Balaban J connectivity index is 1.64. The number of halogens is 3. The molecule has 3 amide bonds. The molecule has 2 aromatic rings. The Labute approximate surface area is 175 Å². The van der Waals surface area contributed by atoms with Crippen molar-refractivity contribution < 1.29 is 28.2 Å². The third-order valence-corrected chi connectivity index (χ3v) is 5.05. The lowest BCUT2D eigenvalue weighted by Crippen LogP contribution is -2.45. The standard InChI is InChI=1S/C20H16ClF2N3O4/c1-25-15-10-26(12-4-8-14(9-5-12)30-20(21,22)23)18(28)16(15)17(24-19(25)29)11-2-6-13(27)7-3-11/h2-9,17,27H,10H2,1H3,(H,24,29)/t17-/m1/s1. The molecule has 0 fully saturated rings. The number of alkyl halides is 3. The quantitative estimate of drug-likeness (QED) is 0.719. The summed E-state index contributed by atoms with van der Waals surface area (Å²) in [6, 6.07) is 10.6. The van der Waals surface area contributed by atoms with Crippen molar-refractivity contribution in [1.82, 2.24) is 10.2 Å². The molecule has 0 aliphatic carbocycles. The van der Waals surface area contributed by atoms with Gasteiger partial charge in [0.2, 0.25) is 0 Å². The largest absolute Gasteiger partial charge is 0.508 e. The van der Waals surface area contributed by atoms with Crippen molar-refractivity contribution >= 4 is 29.2 Å². The zero-order valence-corrected chi connectivity index (χ0v) is 16.4. The van der Waals surface area contributed by atoms with Gasteiger partial charge in [-0.2, -0.15) is 0 Å². The Hall–Kier alpha value is -3.33. The average molecular weight is 436 g/mol. The molecule has 0 saturated carbocycles. The first-order valence-electron chi connectivity index (χ1n) is 8.88. The highest BCUT2D eigenvalue weighted by Crippen LogP contribution is 2.38. The van der Waals surface area contributed by atoms with Crippen LogP contribution in [0.25, 0.3) is 0 Å². The van der Waals surface area contributed by atoms with E-state index >= 15 is 0 Å². The van der Waals surface area contributed by atoms with Gasteiger partial charge in [0.05, 0.1) is 23.9 Å². The van der Waals surface area contributed by atoms with E-state index in [-0.39, 0.29) is 30.0 Å². The summed E-state index contributed by atoms with van der Waals surface area (Å²) < 4.78 is 29.9. The SMILES string of the molecule is CN1C(=O)N[C@H](c2ccc(O)cc2)C2=C1CN(c1ccc(OC(F)(F)Cl)cc1)C2=O. The molecule has 2 aromatic carbocycles. The fraction of sp³-hybridized carbons (Fsp3) is 0.200. The Morgan fingerprint density at radius 3 is 2.37 bits per heavy atom. The van der Waals surface area contributed by atoms with Gasteiger partial charge in [0.1, 0.15) is 11.5 Å². The number of phenols is 1. The smallest absolute Gasteiger partial charge is 0.487 e. The van der Waals surface area contributed by atoms with E-state index in [0.29, 0.717) is 22.5 Å². The maximum Gasteiger partial charge on any atom is 0.487 e. The molecular weight excluding hydrogens is 420 g/mol. The highest BCUT2D eigenvalue weighted by atomic mass is 35.5. The van der Waals surface area contributed by atoms with Crippen LogP contribution in [0.3, 0.4) is 0 Å². The summed E-state index contributed by atoms with van der Waals surface area (Å²) in [7, 11) is 1.56. The maximum absolute atomic E-state index is 13.2. The van der Waals surface area contributed by atoms with Gasteiger partial charge < -0.3 is 20.1 Å². The summed E-state index contributed by atoms with van der Waals surface area (Å²) in [4.78, 5) is 28.5. The molecule has 0 radical (unpaired) electrons. The maximum atomic E-state index is 13.2. The second kappa shape index (κ2) is 7.17. The summed E-state index contributed by atoms with van der Waals surface area (Å²) in [5, 5.41) is 12.3. The van der Waals surface area contributed by atoms with Crippen LogP contribution in [0.4, 0.5) is 19.3 Å². The molecule has 2 N–H and O–H groups in total. The van der Waals surface area contributed by atoms with Gasteiger partial charge >= 0.3 is 11.6 Å². The summed E-state index contributed by atoms with van der Waals surface area (Å²) in [5.41, 5.74) is -1.81. The Bertz CT molecular complexity index is 1040. The highest BCUT2D eigenvalue weighted by molar-refractivity contribution is 6.20. The van der Waals surface area contributed by atoms with Gasteiger partial charge in [0, 0.05) is 24.3 Å². The number of carbonyl (C=O) groups is 2. The van der Waals surface area contributed by atoms with Crippen molar-refractivity contribution in [2.45, 2.75) is 11.6 Å². The first kappa shape index (κ1) is 20.0. The molecule has 0 aromatic heterocycles. The number of anilines is 1. The van der Waals surface area contributed by atoms with Crippen molar-refractivity contribution in [3.05, 3.63) is 65.4 Å². The van der Waals surface area contributed by atoms with Crippen LogP contribution < -0.4 is 15.0 Å². The van der Waals surface area contributed by atoms with Crippen LogP contribution in [-0.2, 0) is 4.79 Å². The van der Waals surface area contributed by atoms with Gasteiger partial charge in [-0.25, -0.2) is 4.79 Å². The van der Waals surface area contributed by atoms with Gasteiger partial charge in [-0.1, -0.05) is 12.1 Å². The topological polar surface area (TPSA) is 82.1 Å². The van der Waals surface area contributed by atoms with Gasteiger partial charge in [0.15, 0.2) is 0 Å². The Kier molecular flexibility index (Phi) is 4.77. The predicted octanol–water partition coefficient (Wildman–Crippen LogP) is 3.56. The summed E-state index contributed by atoms with van der Waals surface area (Å²) in [5.74, 6) is -0.415. The number of aromatic hydroxyl groups is 1. The zero-order valence-electron chi connectivity index (χ0n) is 15.6. The van der Waals surface area contributed by atoms with E-state index in [1.54, 1.807) is 19.2 Å². The number of rotatable bonds is 4. The van der Waals surface area contributed by atoms with Gasteiger partial charge in [0.25, 0.3) is 5.91 Å². The van der Waals surface area contributed by atoms with Crippen LogP contribution in [0.5, 0.6) is 11.5 Å². The van der Waals surface area contributed by atoms with Gasteiger partial charge in [-0.05, 0) is 42.0 Å². The molecule has 10 heteroatoms. The van der Waals surface area contributed by atoms with E-state index in [1.807, 2.05) is 0 Å². The van der Waals surface area contributed by atoms with E-state index in [9.17, 15) is 23.5 Å². The number of hydrogen-bond donors (Lipinski definition) is 2. The van der Waals surface area contributed by atoms with Crippen LogP contribution in [-0.4, -0.2) is 41.1 Å². The number of ether oxygens (including phenoxy) is 1. The summed E-state index contributed by atoms with van der Waals surface area (Å²) >= 11 is 4.77. The number of nitrogens with one attached hydrogen (secondary N) is 1. The number of phenolic OH excluding ortho intramolecular Hbond substituents is 1. The second-order valence-corrected chi connectivity index (χ2v) is 7.27. The Morgan fingerprint density at radius 2 is 1.77 bits per heavy atom. The van der Waals surface area contributed by atoms with Crippen LogP contribution in [0, 0.1) is 0 Å². The third-order valence-electron chi connectivity index (χ3n) is 4.97. The van der Waals surface area contributed by atoms with Gasteiger partial charge in [-0.3, -0.25) is 9.69 Å². The lowest BCUT2D eigenvalue weighted by molar-refractivity contribution is -0.114. The first-order valence-corrected chi connectivity index (χ1v) is 9.26. The lowest BCUT2D eigenvalue weighted by Gasteiger charge is -2.31. The van der Waals surface area contributed by atoms with Crippen molar-refractivity contribution in [2.24, 2.45) is 0 Å². The lowest BCUT2D eigenvalue weighted by atomic mass is 9.95. The highest BCUT2D eigenvalue weighted by Gasteiger charge is 2.43. The molecule has 4 rings (SSSR count). The number of carbonyl (C=O) groups excluding carboxylic acids is 2. The molecule has 0 spiro atoms. The molecule has 7 nitrogen and oxygen atoms in total.